The number of carbonyl (C=O) groups is 1. The fourth-order valence-corrected chi connectivity index (χ4v) is 1.81. The molecule has 2 aliphatic heterocycles. The van der Waals surface area contributed by atoms with Crippen LogP contribution in [0.25, 0.3) is 0 Å². The van der Waals surface area contributed by atoms with E-state index < -0.39 is 0 Å². The van der Waals surface area contributed by atoms with Crippen molar-refractivity contribution in [2.24, 2.45) is 0 Å². The molecule has 2 aliphatic rings. The van der Waals surface area contributed by atoms with Crippen LogP contribution in [0.5, 0.6) is 0 Å². The molecule has 0 unspecified atom stereocenters. The predicted molar refractivity (Wildman–Crippen MR) is 35.7 cm³/mol. The standard InChI is InChI=1S/C7H11NO2/c1-5-2-3-6-4-10-7(9)8(5)6/h5-6H,2-4H2,1H3/t5-,6+/m1/s1. The van der Waals surface area contributed by atoms with Crippen molar-refractivity contribution in [1.29, 1.82) is 0 Å². The van der Waals surface area contributed by atoms with E-state index >= 15 is 0 Å². The van der Waals surface area contributed by atoms with E-state index in [0.717, 1.165) is 12.8 Å². The number of rotatable bonds is 0. The van der Waals surface area contributed by atoms with Gasteiger partial charge in [0.05, 0.1) is 6.04 Å². The largest absolute Gasteiger partial charge is 0.447 e. The summed E-state index contributed by atoms with van der Waals surface area (Å²) < 4.78 is 4.88. The highest BCUT2D eigenvalue weighted by Crippen LogP contribution is 2.28. The summed E-state index contributed by atoms with van der Waals surface area (Å²) in [5.41, 5.74) is 0. The molecule has 3 nitrogen and oxygen atoms in total. The maximum absolute atomic E-state index is 11.0. The van der Waals surface area contributed by atoms with E-state index in [1.165, 1.54) is 0 Å². The van der Waals surface area contributed by atoms with Crippen molar-refractivity contribution >= 4 is 6.09 Å². The van der Waals surface area contributed by atoms with Crippen molar-refractivity contribution in [2.75, 3.05) is 6.61 Å². The molecule has 2 heterocycles. The first-order valence-electron chi connectivity index (χ1n) is 3.74. The lowest BCUT2D eigenvalue weighted by Gasteiger charge is -2.16. The molecule has 2 fully saturated rings. The lowest BCUT2D eigenvalue weighted by molar-refractivity contribution is 0.151. The van der Waals surface area contributed by atoms with Gasteiger partial charge in [-0.25, -0.2) is 4.79 Å². The molecule has 3 heteroatoms. The van der Waals surface area contributed by atoms with Gasteiger partial charge in [-0.1, -0.05) is 0 Å². The van der Waals surface area contributed by atoms with Gasteiger partial charge in [-0.2, -0.15) is 0 Å². The number of carbonyl (C=O) groups excluding carboxylic acids is 1. The molecular weight excluding hydrogens is 130 g/mol. The van der Waals surface area contributed by atoms with Crippen LogP contribution in [0.3, 0.4) is 0 Å². The third-order valence-electron chi connectivity index (χ3n) is 2.40. The Hall–Kier alpha value is -0.730. The van der Waals surface area contributed by atoms with Crippen molar-refractivity contribution in [1.82, 2.24) is 4.90 Å². The number of nitrogens with zero attached hydrogens (tertiary/aromatic N) is 1. The second-order valence-corrected chi connectivity index (χ2v) is 3.06. The van der Waals surface area contributed by atoms with E-state index in [0.29, 0.717) is 18.7 Å². The van der Waals surface area contributed by atoms with Gasteiger partial charge < -0.3 is 4.74 Å². The second kappa shape index (κ2) is 1.87. The average Bonchev–Trinajstić information content (AvgIpc) is 2.40. The lowest BCUT2D eigenvalue weighted by atomic mass is 10.2. The molecule has 1 amide bonds. The molecule has 0 radical (unpaired) electrons. The minimum atomic E-state index is -0.116. The van der Waals surface area contributed by atoms with Crippen LogP contribution in [-0.4, -0.2) is 29.7 Å². The van der Waals surface area contributed by atoms with Crippen molar-refractivity contribution in [2.45, 2.75) is 31.8 Å². The number of hydrogen-bond acceptors (Lipinski definition) is 2. The molecule has 0 aliphatic carbocycles. The Morgan fingerprint density at radius 3 is 3.10 bits per heavy atom. The van der Waals surface area contributed by atoms with E-state index in [2.05, 4.69) is 6.92 Å². The molecule has 56 valence electrons. The van der Waals surface area contributed by atoms with Gasteiger partial charge in [0.2, 0.25) is 0 Å². The third kappa shape index (κ3) is 0.632. The van der Waals surface area contributed by atoms with Crippen LogP contribution in [0.15, 0.2) is 0 Å². The molecule has 10 heavy (non-hydrogen) atoms. The van der Waals surface area contributed by atoms with Crippen LogP contribution in [0, 0.1) is 0 Å². The molecular formula is C7H11NO2. The van der Waals surface area contributed by atoms with Gasteiger partial charge in [0.1, 0.15) is 6.61 Å². The topological polar surface area (TPSA) is 29.5 Å². The summed E-state index contributed by atoms with van der Waals surface area (Å²) in [7, 11) is 0. The Balaban J connectivity index is 2.19. The van der Waals surface area contributed by atoms with Crippen LogP contribution >= 0.6 is 0 Å². The first kappa shape index (κ1) is 6.01. The van der Waals surface area contributed by atoms with Gasteiger partial charge in [-0.15, -0.1) is 0 Å². The van der Waals surface area contributed by atoms with Crippen LogP contribution in [0.2, 0.25) is 0 Å². The SMILES string of the molecule is C[C@@H]1CC[C@H]2COC(=O)N21. The quantitative estimate of drug-likeness (QED) is 0.503. The van der Waals surface area contributed by atoms with E-state index in [9.17, 15) is 4.79 Å². The summed E-state index contributed by atoms with van der Waals surface area (Å²) in [5.74, 6) is 0. The highest BCUT2D eigenvalue weighted by Gasteiger charge is 2.40. The van der Waals surface area contributed by atoms with Crippen molar-refractivity contribution in [3.8, 4) is 0 Å². The first-order chi connectivity index (χ1) is 4.79. The highest BCUT2D eigenvalue weighted by molar-refractivity contribution is 5.70. The molecule has 2 rings (SSSR count). The van der Waals surface area contributed by atoms with Crippen LogP contribution in [0.1, 0.15) is 19.8 Å². The van der Waals surface area contributed by atoms with Gasteiger partial charge in [-0.05, 0) is 19.8 Å². The van der Waals surface area contributed by atoms with Crippen LogP contribution in [-0.2, 0) is 4.74 Å². The highest BCUT2D eigenvalue weighted by atomic mass is 16.6. The molecule has 0 aromatic heterocycles. The summed E-state index contributed by atoms with van der Waals surface area (Å²) in [6, 6.07) is 0.794. The Labute approximate surface area is 60.0 Å². The molecule has 2 atom stereocenters. The smallest absolute Gasteiger partial charge is 0.410 e. The average molecular weight is 141 g/mol. The Morgan fingerprint density at radius 2 is 2.40 bits per heavy atom. The summed E-state index contributed by atoms with van der Waals surface area (Å²) >= 11 is 0. The van der Waals surface area contributed by atoms with Crippen LogP contribution in [0.4, 0.5) is 4.79 Å². The first-order valence-corrected chi connectivity index (χ1v) is 3.74. The molecule has 0 spiro atoms. The number of ether oxygens (including phenoxy) is 1. The van der Waals surface area contributed by atoms with E-state index in [1.54, 1.807) is 0 Å². The third-order valence-corrected chi connectivity index (χ3v) is 2.40. The maximum atomic E-state index is 11.0. The van der Waals surface area contributed by atoms with E-state index in [1.807, 2.05) is 4.90 Å². The maximum Gasteiger partial charge on any atom is 0.410 e. The minimum Gasteiger partial charge on any atom is -0.447 e. The zero-order valence-corrected chi connectivity index (χ0v) is 6.04. The molecule has 0 aromatic carbocycles. The monoisotopic (exact) mass is 141 g/mol. The van der Waals surface area contributed by atoms with Crippen LogP contribution < -0.4 is 0 Å². The minimum absolute atomic E-state index is 0.116. The van der Waals surface area contributed by atoms with E-state index in [-0.39, 0.29) is 6.09 Å². The van der Waals surface area contributed by atoms with Gasteiger partial charge in [0.15, 0.2) is 0 Å². The normalized spacial score (nSPS) is 38.1. The lowest BCUT2D eigenvalue weighted by Crippen LogP contribution is -2.32. The zero-order valence-electron chi connectivity index (χ0n) is 6.04. The van der Waals surface area contributed by atoms with Gasteiger partial charge >= 0.3 is 6.09 Å². The second-order valence-electron chi connectivity index (χ2n) is 3.06. The molecule has 0 bridgehead atoms. The number of fused-ring (bicyclic) bond motifs is 1. The molecule has 2 saturated heterocycles. The fourth-order valence-electron chi connectivity index (χ4n) is 1.81. The van der Waals surface area contributed by atoms with E-state index in [4.69, 9.17) is 4.74 Å². The van der Waals surface area contributed by atoms with Gasteiger partial charge in [0.25, 0.3) is 0 Å². The number of hydrogen-bond donors (Lipinski definition) is 0. The van der Waals surface area contributed by atoms with Crippen molar-refractivity contribution in [3.05, 3.63) is 0 Å². The van der Waals surface area contributed by atoms with Gasteiger partial charge in [-0.3, -0.25) is 4.90 Å². The van der Waals surface area contributed by atoms with Gasteiger partial charge in [0, 0.05) is 6.04 Å². The Morgan fingerprint density at radius 1 is 1.60 bits per heavy atom. The molecule has 0 aromatic rings. The fraction of sp³-hybridized carbons (Fsp3) is 0.857. The summed E-state index contributed by atoms with van der Waals surface area (Å²) in [6.07, 6.45) is 2.14. The summed E-state index contributed by atoms with van der Waals surface area (Å²) in [5, 5.41) is 0. The number of cyclic esters (lactones) is 1. The Kier molecular flexibility index (Phi) is 1.13. The summed E-state index contributed by atoms with van der Waals surface area (Å²) in [4.78, 5) is 12.8. The predicted octanol–water partition coefficient (Wildman–Crippen LogP) is 0.990. The summed E-state index contributed by atoms with van der Waals surface area (Å²) in [6.45, 7) is 2.69. The number of amides is 1. The van der Waals surface area contributed by atoms with Crippen molar-refractivity contribution < 1.29 is 9.53 Å². The molecule has 0 N–H and O–H groups in total. The molecule has 0 saturated carbocycles. The Bertz CT molecular complexity index is 169. The van der Waals surface area contributed by atoms with Crippen molar-refractivity contribution in [3.63, 3.8) is 0 Å². The zero-order chi connectivity index (χ0) is 7.14.